The summed E-state index contributed by atoms with van der Waals surface area (Å²) < 4.78 is 0. The number of aldehydes is 1. The number of benzene rings is 2. The van der Waals surface area contributed by atoms with E-state index in [1.807, 2.05) is 36.4 Å². The number of carbonyl (C=O) groups excluding carboxylic acids is 1. The molecular formula is C13H13NO. The molecule has 0 aliphatic heterocycles. The summed E-state index contributed by atoms with van der Waals surface area (Å²) in [5.74, 6) is 0. The summed E-state index contributed by atoms with van der Waals surface area (Å²) >= 11 is 0. The molecule has 0 bridgehead atoms. The topological polar surface area (TPSA) is 29.1 Å². The molecule has 2 nitrogen and oxygen atoms in total. The van der Waals surface area contributed by atoms with Crippen LogP contribution in [0.25, 0.3) is 10.8 Å². The van der Waals surface area contributed by atoms with Crippen molar-refractivity contribution < 1.29 is 4.79 Å². The van der Waals surface area contributed by atoms with E-state index in [2.05, 4.69) is 12.2 Å². The van der Waals surface area contributed by atoms with Crippen LogP contribution in [0.4, 0.5) is 5.69 Å². The van der Waals surface area contributed by atoms with Gasteiger partial charge in [-0.3, -0.25) is 4.79 Å². The third-order valence-corrected chi connectivity index (χ3v) is 2.45. The van der Waals surface area contributed by atoms with Crippen molar-refractivity contribution in [2.24, 2.45) is 0 Å². The standard InChI is InChI=1S/C13H13NO/c1-2-14-13-8-7-10(9-15)11-5-3-4-6-12(11)13/h3-9,14H,2H2,1H3. The van der Waals surface area contributed by atoms with Gasteiger partial charge in [0.25, 0.3) is 0 Å². The summed E-state index contributed by atoms with van der Waals surface area (Å²) in [4.78, 5) is 10.9. The van der Waals surface area contributed by atoms with Crippen molar-refractivity contribution in [2.45, 2.75) is 6.92 Å². The average Bonchev–Trinajstić information content (AvgIpc) is 2.30. The molecule has 2 rings (SSSR count). The second-order valence-corrected chi connectivity index (χ2v) is 3.40. The Morgan fingerprint density at radius 1 is 1.13 bits per heavy atom. The van der Waals surface area contributed by atoms with Gasteiger partial charge in [0.1, 0.15) is 0 Å². The molecule has 0 spiro atoms. The number of carbonyl (C=O) groups is 1. The number of anilines is 1. The van der Waals surface area contributed by atoms with Gasteiger partial charge in [-0.25, -0.2) is 0 Å². The highest BCUT2D eigenvalue weighted by Gasteiger charge is 2.03. The molecule has 0 saturated carbocycles. The van der Waals surface area contributed by atoms with Gasteiger partial charge in [-0.1, -0.05) is 24.3 Å². The summed E-state index contributed by atoms with van der Waals surface area (Å²) in [5.41, 5.74) is 1.82. The molecule has 0 amide bonds. The quantitative estimate of drug-likeness (QED) is 0.769. The van der Waals surface area contributed by atoms with Gasteiger partial charge in [-0.05, 0) is 24.4 Å². The van der Waals surface area contributed by atoms with Crippen molar-refractivity contribution in [1.29, 1.82) is 0 Å². The van der Waals surface area contributed by atoms with E-state index in [9.17, 15) is 4.79 Å². The van der Waals surface area contributed by atoms with Gasteiger partial charge < -0.3 is 5.32 Å². The second-order valence-electron chi connectivity index (χ2n) is 3.40. The Hall–Kier alpha value is -1.83. The summed E-state index contributed by atoms with van der Waals surface area (Å²) in [6.45, 7) is 2.94. The first-order chi connectivity index (χ1) is 7.36. The first-order valence-electron chi connectivity index (χ1n) is 5.07. The average molecular weight is 199 g/mol. The van der Waals surface area contributed by atoms with Crippen LogP contribution in [0.3, 0.4) is 0 Å². The third-order valence-electron chi connectivity index (χ3n) is 2.45. The maximum atomic E-state index is 10.9. The van der Waals surface area contributed by atoms with Crippen molar-refractivity contribution in [3.8, 4) is 0 Å². The largest absolute Gasteiger partial charge is 0.385 e. The van der Waals surface area contributed by atoms with E-state index in [1.54, 1.807) is 0 Å². The molecule has 2 aromatic carbocycles. The van der Waals surface area contributed by atoms with E-state index in [-0.39, 0.29) is 0 Å². The monoisotopic (exact) mass is 199 g/mol. The van der Waals surface area contributed by atoms with E-state index in [0.717, 1.165) is 34.9 Å². The fourth-order valence-electron chi connectivity index (χ4n) is 1.77. The van der Waals surface area contributed by atoms with Gasteiger partial charge in [0.05, 0.1) is 0 Å². The molecule has 2 heteroatoms. The molecular weight excluding hydrogens is 186 g/mol. The molecule has 0 aliphatic carbocycles. The lowest BCUT2D eigenvalue weighted by Crippen LogP contribution is -1.98. The molecule has 2 aromatic rings. The maximum absolute atomic E-state index is 10.9. The normalized spacial score (nSPS) is 10.2. The first-order valence-corrected chi connectivity index (χ1v) is 5.07. The highest BCUT2D eigenvalue weighted by atomic mass is 16.1. The molecule has 0 radical (unpaired) electrons. The Balaban J connectivity index is 2.71. The summed E-state index contributed by atoms with van der Waals surface area (Å²) in [6.07, 6.45) is 0.901. The van der Waals surface area contributed by atoms with Crippen molar-refractivity contribution >= 4 is 22.7 Å². The molecule has 0 fully saturated rings. The Morgan fingerprint density at radius 3 is 2.53 bits per heavy atom. The van der Waals surface area contributed by atoms with Gasteiger partial charge in [0.2, 0.25) is 0 Å². The van der Waals surface area contributed by atoms with Crippen LogP contribution in [0.2, 0.25) is 0 Å². The van der Waals surface area contributed by atoms with Gasteiger partial charge in [-0.2, -0.15) is 0 Å². The van der Waals surface area contributed by atoms with Crippen LogP contribution < -0.4 is 5.32 Å². The van der Waals surface area contributed by atoms with E-state index in [0.29, 0.717) is 0 Å². The number of hydrogen-bond donors (Lipinski definition) is 1. The van der Waals surface area contributed by atoms with E-state index < -0.39 is 0 Å². The van der Waals surface area contributed by atoms with Crippen LogP contribution in [0, 0.1) is 0 Å². The van der Waals surface area contributed by atoms with Crippen molar-refractivity contribution in [3.63, 3.8) is 0 Å². The van der Waals surface area contributed by atoms with E-state index >= 15 is 0 Å². The molecule has 1 N–H and O–H groups in total. The molecule has 0 unspecified atom stereocenters. The number of rotatable bonds is 3. The zero-order chi connectivity index (χ0) is 10.7. The molecule has 0 heterocycles. The highest BCUT2D eigenvalue weighted by molar-refractivity contribution is 6.03. The van der Waals surface area contributed by atoms with Crippen LogP contribution in [0.5, 0.6) is 0 Å². The molecule has 0 aromatic heterocycles. The summed E-state index contributed by atoms with van der Waals surface area (Å²) in [5, 5.41) is 5.39. The van der Waals surface area contributed by atoms with Gasteiger partial charge >= 0.3 is 0 Å². The second kappa shape index (κ2) is 4.13. The van der Waals surface area contributed by atoms with Gasteiger partial charge in [-0.15, -0.1) is 0 Å². The fraction of sp³-hybridized carbons (Fsp3) is 0.154. The number of hydrogen-bond acceptors (Lipinski definition) is 2. The van der Waals surface area contributed by atoms with Crippen LogP contribution in [-0.4, -0.2) is 12.8 Å². The van der Waals surface area contributed by atoms with E-state index in [1.165, 1.54) is 0 Å². The first kappa shape index (κ1) is 9.71. The highest BCUT2D eigenvalue weighted by Crippen LogP contribution is 2.25. The number of nitrogens with one attached hydrogen (secondary N) is 1. The van der Waals surface area contributed by atoms with Crippen molar-refractivity contribution in [1.82, 2.24) is 0 Å². The molecule has 0 aliphatic rings. The number of fused-ring (bicyclic) bond motifs is 1. The predicted molar refractivity (Wildman–Crippen MR) is 63.5 cm³/mol. The van der Waals surface area contributed by atoms with Crippen LogP contribution in [0.15, 0.2) is 36.4 Å². The SMILES string of the molecule is CCNc1ccc(C=O)c2ccccc12. The third kappa shape index (κ3) is 1.71. The molecule has 15 heavy (non-hydrogen) atoms. The lowest BCUT2D eigenvalue weighted by Gasteiger charge is -2.08. The van der Waals surface area contributed by atoms with Crippen molar-refractivity contribution in [2.75, 3.05) is 11.9 Å². The van der Waals surface area contributed by atoms with E-state index in [4.69, 9.17) is 0 Å². The summed E-state index contributed by atoms with van der Waals surface area (Å²) in [6, 6.07) is 11.7. The smallest absolute Gasteiger partial charge is 0.150 e. The molecule has 0 saturated heterocycles. The van der Waals surface area contributed by atoms with Crippen LogP contribution >= 0.6 is 0 Å². The van der Waals surface area contributed by atoms with Gasteiger partial charge in [0, 0.05) is 23.2 Å². The lowest BCUT2D eigenvalue weighted by atomic mass is 10.0. The predicted octanol–water partition coefficient (Wildman–Crippen LogP) is 3.08. The van der Waals surface area contributed by atoms with Crippen LogP contribution in [0.1, 0.15) is 17.3 Å². The van der Waals surface area contributed by atoms with Crippen molar-refractivity contribution in [3.05, 3.63) is 42.0 Å². The Morgan fingerprint density at radius 2 is 1.87 bits per heavy atom. The zero-order valence-electron chi connectivity index (χ0n) is 8.66. The maximum Gasteiger partial charge on any atom is 0.150 e. The minimum absolute atomic E-state index is 0.743. The zero-order valence-corrected chi connectivity index (χ0v) is 8.66. The molecule has 76 valence electrons. The Kier molecular flexibility index (Phi) is 2.68. The Bertz CT molecular complexity index is 491. The lowest BCUT2D eigenvalue weighted by molar-refractivity contribution is 0.112. The Labute approximate surface area is 88.9 Å². The fourth-order valence-corrected chi connectivity index (χ4v) is 1.77. The molecule has 0 atom stereocenters. The minimum Gasteiger partial charge on any atom is -0.385 e. The minimum atomic E-state index is 0.743. The van der Waals surface area contributed by atoms with Gasteiger partial charge in [0.15, 0.2) is 6.29 Å². The summed E-state index contributed by atoms with van der Waals surface area (Å²) in [7, 11) is 0. The van der Waals surface area contributed by atoms with Crippen LogP contribution in [-0.2, 0) is 0 Å².